The molecule has 4 heteroatoms. The fourth-order valence-electron chi connectivity index (χ4n) is 2.45. The Labute approximate surface area is 108 Å². The van der Waals surface area contributed by atoms with E-state index < -0.39 is 11.4 Å². The average molecular weight is 253 g/mol. The van der Waals surface area contributed by atoms with Gasteiger partial charge in [-0.3, -0.25) is 9.59 Å². The van der Waals surface area contributed by atoms with Crippen molar-refractivity contribution in [2.75, 3.05) is 6.54 Å². The molecule has 18 heavy (non-hydrogen) atoms. The molecule has 2 fully saturated rings. The van der Waals surface area contributed by atoms with Gasteiger partial charge in [-0.05, 0) is 57.8 Å². The number of hydrogen-bond donors (Lipinski definition) is 2. The summed E-state index contributed by atoms with van der Waals surface area (Å²) in [4.78, 5) is 23.1. The summed E-state index contributed by atoms with van der Waals surface area (Å²) < 4.78 is 0. The van der Waals surface area contributed by atoms with Crippen LogP contribution >= 0.6 is 0 Å². The van der Waals surface area contributed by atoms with Gasteiger partial charge in [-0.2, -0.15) is 0 Å². The van der Waals surface area contributed by atoms with Crippen molar-refractivity contribution in [2.24, 2.45) is 23.2 Å². The van der Waals surface area contributed by atoms with Crippen LogP contribution in [0.2, 0.25) is 0 Å². The van der Waals surface area contributed by atoms with Crippen LogP contribution in [0.3, 0.4) is 0 Å². The van der Waals surface area contributed by atoms with Gasteiger partial charge >= 0.3 is 5.97 Å². The van der Waals surface area contributed by atoms with Gasteiger partial charge in [0.05, 0.1) is 5.41 Å². The summed E-state index contributed by atoms with van der Waals surface area (Å²) in [5.74, 6) is 0.756. The third-order valence-electron chi connectivity index (χ3n) is 4.19. The number of rotatable bonds is 7. The van der Waals surface area contributed by atoms with Crippen LogP contribution in [0, 0.1) is 23.2 Å². The van der Waals surface area contributed by atoms with Gasteiger partial charge < -0.3 is 10.4 Å². The zero-order chi connectivity index (χ0) is 13.3. The Morgan fingerprint density at radius 2 is 1.72 bits per heavy atom. The lowest BCUT2D eigenvalue weighted by Crippen LogP contribution is -2.36. The molecular weight excluding hydrogens is 230 g/mol. The molecule has 2 aliphatic carbocycles. The van der Waals surface area contributed by atoms with Crippen molar-refractivity contribution in [1.29, 1.82) is 0 Å². The van der Waals surface area contributed by atoms with Crippen molar-refractivity contribution < 1.29 is 14.7 Å². The highest BCUT2D eigenvalue weighted by Gasteiger charge is 2.45. The largest absolute Gasteiger partial charge is 0.481 e. The highest BCUT2D eigenvalue weighted by molar-refractivity contribution is 5.80. The Kier molecular flexibility index (Phi) is 3.64. The molecule has 0 bridgehead atoms. The zero-order valence-corrected chi connectivity index (χ0v) is 11.2. The summed E-state index contributed by atoms with van der Waals surface area (Å²) in [5, 5.41) is 11.9. The van der Waals surface area contributed by atoms with Gasteiger partial charge in [-0.15, -0.1) is 0 Å². The lowest BCUT2D eigenvalue weighted by Gasteiger charge is -2.20. The van der Waals surface area contributed by atoms with E-state index in [1.165, 1.54) is 25.7 Å². The van der Waals surface area contributed by atoms with Crippen molar-refractivity contribution in [1.82, 2.24) is 5.32 Å². The molecule has 0 aliphatic heterocycles. The van der Waals surface area contributed by atoms with Crippen LogP contribution in [0.5, 0.6) is 0 Å². The fourth-order valence-corrected chi connectivity index (χ4v) is 2.45. The summed E-state index contributed by atoms with van der Waals surface area (Å²) in [5.41, 5.74) is -0.762. The normalized spacial score (nSPS) is 19.9. The number of carboxylic acid groups (broad SMARTS) is 1. The lowest BCUT2D eigenvalue weighted by molar-refractivity contribution is -0.147. The first-order valence-corrected chi connectivity index (χ1v) is 6.93. The highest BCUT2D eigenvalue weighted by atomic mass is 16.4. The topological polar surface area (TPSA) is 66.4 Å². The molecule has 102 valence electrons. The Hall–Kier alpha value is -1.06. The minimum atomic E-state index is -0.808. The lowest BCUT2D eigenvalue weighted by atomic mass is 9.89. The number of carbonyl (C=O) groups excluding carboxylic acids is 1. The van der Waals surface area contributed by atoms with Gasteiger partial charge in [0.2, 0.25) is 5.91 Å². The first-order valence-electron chi connectivity index (χ1n) is 6.93. The number of carboxylic acids is 1. The molecule has 0 saturated heterocycles. The molecule has 2 aliphatic rings. The van der Waals surface area contributed by atoms with Gasteiger partial charge in [-0.25, -0.2) is 0 Å². The third kappa shape index (κ3) is 3.24. The average Bonchev–Trinajstić information content (AvgIpc) is 3.11. The number of aliphatic carboxylic acids is 1. The second-order valence-electron chi connectivity index (χ2n) is 6.43. The molecular formula is C14H23NO3. The SMILES string of the molecule is CC(C)(CCNC(=O)C(C1CC1)C1CC1)C(=O)O. The molecule has 0 atom stereocenters. The number of nitrogens with one attached hydrogen (secondary N) is 1. The van der Waals surface area contributed by atoms with Crippen molar-refractivity contribution in [2.45, 2.75) is 46.0 Å². The summed E-state index contributed by atoms with van der Waals surface area (Å²) >= 11 is 0. The van der Waals surface area contributed by atoms with E-state index in [2.05, 4.69) is 5.32 Å². The van der Waals surface area contributed by atoms with E-state index >= 15 is 0 Å². The minimum Gasteiger partial charge on any atom is -0.481 e. The Balaban J connectivity index is 1.75. The maximum Gasteiger partial charge on any atom is 0.309 e. The van der Waals surface area contributed by atoms with E-state index in [-0.39, 0.29) is 11.8 Å². The van der Waals surface area contributed by atoms with Crippen LogP contribution in [0.4, 0.5) is 0 Å². The zero-order valence-electron chi connectivity index (χ0n) is 11.2. The number of carbonyl (C=O) groups is 2. The molecule has 0 spiro atoms. The van der Waals surface area contributed by atoms with E-state index in [1.54, 1.807) is 13.8 Å². The van der Waals surface area contributed by atoms with Crippen LogP contribution in [0.25, 0.3) is 0 Å². The molecule has 2 N–H and O–H groups in total. The van der Waals surface area contributed by atoms with Gasteiger partial charge in [0.25, 0.3) is 0 Å². The Morgan fingerprint density at radius 3 is 2.11 bits per heavy atom. The van der Waals surface area contributed by atoms with Crippen molar-refractivity contribution in [3.05, 3.63) is 0 Å². The van der Waals surface area contributed by atoms with E-state index in [0.717, 1.165) is 0 Å². The van der Waals surface area contributed by atoms with Crippen LogP contribution in [0.1, 0.15) is 46.0 Å². The molecule has 2 saturated carbocycles. The summed E-state index contributed by atoms with van der Waals surface area (Å²) in [6.45, 7) is 3.86. The fraction of sp³-hybridized carbons (Fsp3) is 0.857. The molecule has 0 aromatic carbocycles. The monoisotopic (exact) mass is 253 g/mol. The minimum absolute atomic E-state index is 0.154. The molecule has 1 amide bonds. The molecule has 2 rings (SSSR count). The second kappa shape index (κ2) is 4.90. The Bertz CT molecular complexity index is 331. The van der Waals surface area contributed by atoms with Gasteiger partial charge in [0, 0.05) is 12.5 Å². The van der Waals surface area contributed by atoms with Crippen molar-refractivity contribution in [3.8, 4) is 0 Å². The van der Waals surface area contributed by atoms with E-state index in [0.29, 0.717) is 24.8 Å². The maximum absolute atomic E-state index is 12.1. The van der Waals surface area contributed by atoms with Gasteiger partial charge in [0.1, 0.15) is 0 Å². The molecule has 0 heterocycles. The van der Waals surface area contributed by atoms with Gasteiger partial charge in [0.15, 0.2) is 0 Å². The van der Waals surface area contributed by atoms with Crippen LogP contribution < -0.4 is 5.32 Å². The summed E-state index contributed by atoms with van der Waals surface area (Å²) in [7, 11) is 0. The maximum atomic E-state index is 12.1. The van der Waals surface area contributed by atoms with E-state index in [4.69, 9.17) is 5.11 Å². The molecule has 0 aromatic heterocycles. The summed E-state index contributed by atoms with van der Waals surface area (Å²) in [6.07, 6.45) is 5.24. The molecule has 4 nitrogen and oxygen atoms in total. The quantitative estimate of drug-likeness (QED) is 0.729. The molecule has 0 unspecified atom stereocenters. The van der Waals surface area contributed by atoms with Crippen LogP contribution in [-0.4, -0.2) is 23.5 Å². The second-order valence-corrected chi connectivity index (χ2v) is 6.43. The number of amides is 1. The van der Waals surface area contributed by atoms with E-state index in [1.807, 2.05) is 0 Å². The predicted molar refractivity (Wildman–Crippen MR) is 68.0 cm³/mol. The number of hydrogen-bond acceptors (Lipinski definition) is 2. The van der Waals surface area contributed by atoms with Crippen molar-refractivity contribution >= 4 is 11.9 Å². The first kappa shape index (κ1) is 13.4. The molecule has 0 aromatic rings. The third-order valence-corrected chi connectivity index (χ3v) is 4.19. The van der Waals surface area contributed by atoms with Crippen LogP contribution in [-0.2, 0) is 9.59 Å². The predicted octanol–water partition coefficient (Wildman–Crippen LogP) is 2.04. The smallest absolute Gasteiger partial charge is 0.309 e. The van der Waals surface area contributed by atoms with Crippen molar-refractivity contribution in [3.63, 3.8) is 0 Å². The Morgan fingerprint density at radius 1 is 1.22 bits per heavy atom. The van der Waals surface area contributed by atoms with E-state index in [9.17, 15) is 9.59 Å². The standard InChI is InChI=1S/C14H23NO3/c1-14(2,13(17)18)7-8-15-12(16)11(9-3-4-9)10-5-6-10/h9-11H,3-8H2,1-2H3,(H,15,16)(H,17,18). The first-order chi connectivity index (χ1) is 8.42. The van der Waals surface area contributed by atoms with Gasteiger partial charge in [-0.1, -0.05) is 0 Å². The van der Waals surface area contributed by atoms with Crippen LogP contribution in [0.15, 0.2) is 0 Å². The highest BCUT2D eigenvalue weighted by Crippen LogP contribution is 2.49. The molecule has 0 radical (unpaired) electrons. The summed E-state index contributed by atoms with van der Waals surface area (Å²) in [6, 6.07) is 0.